The number of nitrogens with zero attached hydrogens (tertiary/aromatic N) is 1. The van der Waals surface area contributed by atoms with Crippen molar-refractivity contribution in [3.05, 3.63) is 83.7 Å². The highest BCUT2D eigenvalue weighted by Crippen LogP contribution is 2.37. The Hall–Kier alpha value is -2.41. The van der Waals surface area contributed by atoms with Crippen molar-refractivity contribution < 1.29 is 0 Å². The van der Waals surface area contributed by atoms with Crippen LogP contribution in [0.5, 0.6) is 0 Å². The second-order valence-electron chi connectivity index (χ2n) is 4.42. The second-order valence-corrected chi connectivity index (χ2v) is 4.42. The van der Waals surface area contributed by atoms with E-state index in [-0.39, 0.29) is 0 Å². The molecular formula is C17H10N. The minimum absolute atomic E-state index is 0.987. The van der Waals surface area contributed by atoms with Crippen LogP contribution in [-0.2, 0) is 0 Å². The van der Waals surface area contributed by atoms with Gasteiger partial charge in [0.15, 0.2) is 0 Å². The topological polar surface area (TPSA) is 12.9 Å². The van der Waals surface area contributed by atoms with Crippen molar-refractivity contribution in [3.63, 3.8) is 0 Å². The summed E-state index contributed by atoms with van der Waals surface area (Å²) in [5, 5.41) is 2.56. The van der Waals surface area contributed by atoms with Crippen molar-refractivity contribution in [3.8, 4) is 0 Å². The van der Waals surface area contributed by atoms with E-state index in [0.717, 1.165) is 11.3 Å². The standard InChI is InChI=1S/C17H10N/c1-2-10-18-16(9-1)15-11-13-7-3-5-12-6-4-8-14(15)17(12)13/h1-10H. The van der Waals surface area contributed by atoms with Crippen LogP contribution in [0.25, 0.3) is 16.3 Å². The number of aromatic nitrogens is 1. The van der Waals surface area contributed by atoms with Crippen molar-refractivity contribution in [1.29, 1.82) is 0 Å². The SMILES string of the molecule is [C]1=C(c2ccccn2)c2cccc3cccc1c23. The summed E-state index contributed by atoms with van der Waals surface area (Å²) < 4.78 is 0. The van der Waals surface area contributed by atoms with Gasteiger partial charge in [0, 0.05) is 17.8 Å². The van der Waals surface area contributed by atoms with E-state index in [0.29, 0.717) is 0 Å². The molecule has 0 unspecified atom stereocenters. The van der Waals surface area contributed by atoms with Crippen molar-refractivity contribution in [2.45, 2.75) is 0 Å². The maximum Gasteiger partial charge on any atom is 0.0714 e. The average Bonchev–Trinajstić information content (AvgIpc) is 2.82. The number of hydrogen-bond donors (Lipinski definition) is 0. The largest absolute Gasteiger partial charge is 0.256 e. The Morgan fingerprint density at radius 3 is 2.56 bits per heavy atom. The molecule has 1 aliphatic carbocycles. The summed E-state index contributed by atoms with van der Waals surface area (Å²) in [5.41, 5.74) is 4.49. The third kappa shape index (κ3) is 1.25. The molecule has 0 N–H and O–H groups in total. The molecule has 0 fully saturated rings. The van der Waals surface area contributed by atoms with Crippen LogP contribution < -0.4 is 0 Å². The first-order valence-corrected chi connectivity index (χ1v) is 6.01. The van der Waals surface area contributed by atoms with Gasteiger partial charge in [-0.05, 0) is 34.0 Å². The van der Waals surface area contributed by atoms with Gasteiger partial charge in [-0.15, -0.1) is 0 Å². The zero-order valence-electron chi connectivity index (χ0n) is 9.72. The van der Waals surface area contributed by atoms with E-state index in [9.17, 15) is 0 Å². The molecule has 0 atom stereocenters. The predicted octanol–water partition coefficient (Wildman–Crippen LogP) is 3.83. The van der Waals surface area contributed by atoms with E-state index >= 15 is 0 Å². The van der Waals surface area contributed by atoms with Gasteiger partial charge in [0.1, 0.15) is 0 Å². The van der Waals surface area contributed by atoms with Crippen molar-refractivity contribution in [2.24, 2.45) is 0 Å². The highest BCUT2D eigenvalue weighted by molar-refractivity contribution is 6.04. The quantitative estimate of drug-likeness (QED) is 0.482. The summed E-state index contributed by atoms with van der Waals surface area (Å²) in [6.45, 7) is 0. The Bertz CT molecular complexity index is 765. The fourth-order valence-electron chi connectivity index (χ4n) is 2.57. The van der Waals surface area contributed by atoms with E-state index in [4.69, 9.17) is 0 Å². The Balaban J connectivity index is 2.04. The summed E-state index contributed by atoms with van der Waals surface area (Å²) in [6, 6.07) is 18.7. The smallest absolute Gasteiger partial charge is 0.0714 e. The van der Waals surface area contributed by atoms with Crippen LogP contribution in [0.4, 0.5) is 0 Å². The van der Waals surface area contributed by atoms with Gasteiger partial charge in [-0.1, -0.05) is 42.5 Å². The summed E-state index contributed by atoms with van der Waals surface area (Å²) >= 11 is 0. The van der Waals surface area contributed by atoms with Crippen LogP contribution in [0, 0.1) is 6.08 Å². The lowest BCUT2D eigenvalue weighted by Crippen LogP contribution is -1.88. The van der Waals surface area contributed by atoms with E-state index in [1.54, 1.807) is 0 Å². The number of pyridine rings is 1. The zero-order valence-corrected chi connectivity index (χ0v) is 9.72. The van der Waals surface area contributed by atoms with E-state index in [1.807, 2.05) is 24.4 Å². The Labute approximate surface area is 105 Å². The molecule has 0 saturated carbocycles. The van der Waals surface area contributed by atoms with Crippen molar-refractivity contribution >= 4 is 16.3 Å². The molecule has 1 aliphatic rings. The highest BCUT2D eigenvalue weighted by Gasteiger charge is 2.18. The van der Waals surface area contributed by atoms with Crippen LogP contribution in [-0.4, -0.2) is 4.98 Å². The highest BCUT2D eigenvalue weighted by atomic mass is 14.7. The molecule has 0 bridgehead atoms. The lowest BCUT2D eigenvalue weighted by molar-refractivity contribution is 1.28. The Morgan fingerprint density at radius 1 is 0.833 bits per heavy atom. The van der Waals surface area contributed by atoms with Crippen LogP contribution in [0.2, 0.25) is 0 Å². The molecule has 1 radical (unpaired) electrons. The van der Waals surface area contributed by atoms with Gasteiger partial charge in [0.25, 0.3) is 0 Å². The van der Waals surface area contributed by atoms with Crippen molar-refractivity contribution in [1.82, 2.24) is 4.98 Å². The molecule has 0 amide bonds. The third-order valence-electron chi connectivity index (χ3n) is 3.35. The predicted molar refractivity (Wildman–Crippen MR) is 73.0 cm³/mol. The lowest BCUT2D eigenvalue weighted by atomic mass is 10.0. The Morgan fingerprint density at radius 2 is 1.72 bits per heavy atom. The first-order valence-electron chi connectivity index (χ1n) is 6.01. The summed E-state index contributed by atoms with van der Waals surface area (Å²) in [5.74, 6) is 0. The molecule has 4 rings (SSSR count). The molecule has 83 valence electrons. The molecule has 1 aromatic heterocycles. The van der Waals surface area contributed by atoms with Gasteiger partial charge in [0.2, 0.25) is 0 Å². The van der Waals surface area contributed by atoms with Crippen LogP contribution in [0.15, 0.2) is 60.8 Å². The van der Waals surface area contributed by atoms with Gasteiger partial charge >= 0.3 is 0 Å². The zero-order chi connectivity index (χ0) is 11.9. The molecule has 3 aromatic rings. The number of rotatable bonds is 1. The van der Waals surface area contributed by atoms with Gasteiger partial charge in [-0.25, -0.2) is 0 Å². The third-order valence-corrected chi connectivity index (χ3v) is 3.35. The molecule has 1 nitrogen and oxygen atoms in total. The molecule has 18 heavy (non-hydrogen) atoms. The number of hydrogen-bond acceptors (Lipinski definition) is 1. The van der Waals surface area contributed by atoms with Crippen LogP contribution >= 0.6 is 0 Å². The minimum Gasteiger partial charge on any atom is -0.256 e. The van der Waals surface area contributed by atoms with Gasteiger partial charge in [-0.3, -0.25) is 4.98 Å². The van der Waals surface area contributed by atoms with Gasteiger partial charge < -0.3 is 0 Å². The summed E-state index contributed by atoms with van der Waals surface area (Å²) in [7, 11) is 0. The lowest BCUT2D eigenvalue weighted by Gasteiger charge is -2.04. The Kier molecular flexibility index (Phi) is 1.89. The van der Waals surface area contributed by atoms with E-state index in [1.165, 1.54) is 21.9 Å². The summed E-state index contributed by atoms with van der Waals surface area (Å²) in [4.78, 5) is 4.43. The molecule has 1 heteroatoms. The first kappa shape index (κ1) is 9.60. The summed E-state index contributed by atoms with van der Waals surface area (Å²) in [6.07, 6.45) is 5.30. The monoisotopic (exact) mass is 228 g/mol. The minimum atomic E-state index is 0.987. The van der Waals surface area contributed by atoms with Crippen molar-refractivity contribution in [2.75, 3.05) is 0 Å². The molecule has 0 spiro atoms. The van der Waals surface area contributed by atoms with Crippen LogP contribution in [0.1, 0.15) is 16.8 Å². The molecule has 0 aliphatic heterocycles. The maximum absolute atomic E-state index is 4.43. The second kappa shape index (κ2) is 3.54. The molecular weight excluding hydrogens is 218 g/mol. The van der Waals surface area contributed by atoms with E-state index < -0.39 is 0 Å². The van der Waals surface area contributed by atoms with E-state index in [2.05, 4.69) is 47.5 Å². The normalized spacial score (nSPS) is 12.8. The molecule has 2 aromatic carbocycles. The molecule has 0 saturated heterocycles. The number of benzene rings is 2. The van der Waals surface area contributed by atoms with Crippen LogP contribution in [0.3, 0.4) is 0 Å². The van der Waals surface area contributed by atoms with Gasteiger partial charge in [-0.2, -0.15) is 0 Å². The fraction of sp³-hybridized carbons (Fsp3) is 0. The first-order chi connectivity index (χ1) is 8.93. The average molecular weight is 228 g/mol. The molecule has 1 heterocycles. The fourth-order valence-corrected chi connectivity index (χ4v) is 2.57. The maximum atomic E-state index is 4.43. The van der Waals surface area contributed by atoms with Gasteiger partial charge in [0.05, 0.1) is 5.69 Å².